The summed E-state index contributed by atoms with van der Waals surface area (Å²) in [7, 11) is 0. The van der Waals surface area contributed by atoms with Crippen molar-refractivity contribution in [3.8, 4) is 0 Å². The summed E-state index contributed by atoms with van der Waals surface area (Å²) < 4.78 is 1.18. The van der Waals surface area contributed by atoms with Crippen molar-refractivity contribution in [2.45, 2.75) is 44.1 Å². The van der Waals surface area contributed by atoms with Crippen LogP contribution in [0.4, 0.5) is 5.69 Å². The van der Waals surface area contributed by atoms with Crippen molar-refractivity contribution in [3.63, 3.8) is 0 Å². The summed E-state index contributed by atoms with van der Waals surface area (Å²) in [5.41, 5.74) is 3.26. The van der Waals surface area contributed by atoms with Crippen molar-refractivity contribution in [1.82, 2.24) is 0 Å². The second-order valence-electron chi connectivity index (χ2n) is 4.94. The topological polar surface area (TPSA) is 12.0 Å². The molecule has 1 heterocycles. The Hall–Kier alpha value is -0.500. The van der Waals surface area contributed by atoms with Gasteiger partial charge in [0.1, 0.15) is 0 Å². The van der Waals surface area contributed by atoms with E-state index in [9.17, 15) is 0 Å². The molecule has 3 rings (SSSR count). The fourth-order valence-corrected chi connectivity index (χ4v) is 3.41. The zero-order chi connectivity index (χ0) is 10.3. The van der Waals surface area contributed by atoms with Gasteiger partial charge in [-0.15, -0.1) is 0 Å². The van der Waals surface area contributed by atoms with Gasteiger partial charge >= 0.3 is 0 Å². The van der Waals surface area contributed by atoms with Gasteiger partial charge < -0.3 is 5.32 Å². The SMILES string of the molecule is Brc1ccc2c(c1)NC1(CCCCC1)C2. The maximum Gasteiger partial charge on any atom is 0.0414 e. The minimum absolute atomic E-state index is 0.404. The molecule has 0 amide bonds. The first-order valence-electron chi connectivity index (χ1n) is 5.84. The number of hydrogen-bond donors (Lipinski definition) is 1. The molecule has 80 valence electrons. The van der Waals surface area contributed by atoms with E-state index in [2.05, 4.69) is 39.4 Å². The van der Waals surface area contributed by atoms with E-state index in [1.807, 2.05) is 0 Å². The normalized spacial score (nSPS) is 22.5. The highest BCUT2D eigenvalue weighted by Gasteiger charge is 2.37. The fourth-order valence-electron chi connectivity index (χ4n) is 3.04. The third-order valence-corrected chi connectivity index (χ3v) is 4.30. The summed E-state index contributed by atoms with van der Waals surface area (Å²) in [6.07, 6.45) is 8.13. The van der Waals surface area contributed by atoms with Crippen LogP contribution in [0.3, 0.4) is 0 Å². The van der Waals surface area contributed by atoms with E-state index >= 15 is 0 Å². The summed E-state index contributed by atoms with van der Waals surface area (Å²) in [6.45, 7) is 0. The molecule has 0 bridgehead atoms. The lowest BCUT2D eigenvalue weighted by Crippen LogP contribution is -2.38. The summed E-state index contributed by atoms with van der Waals surface area (Å²) >= 11 is 3.54. The lowest BCUT2D eigenvalue weighted by Gasteiger charge is -2.34. The average molecular weight is 266 g/mol. The summed E-state index contributed by atoms with van der Waals surface area (Å²) in [5.74, 6) is 0. The highest BCUT2D eigenvalue weighted by atomic mass is 79.9. The molecule has 15 heavy (non-hydrogen) atoms. The van der Waals surface area contributed by atoms with Gasteiger partial charge in [0.2, 0.25) is 0 Å². The number of benzene rings is 1. The van der Waals surface area contributed by atoms with Gasteiger partial charge in [-0.05, 0) is 37.0 Å². The number of rotatable bonds is 0. The maximum atomic E-state index is 3.76. The molecule has 0 radical (unpaired) electrons. The molecule has 1 spiro atoms. The van der Waals surface area contributed by atoms with Crippen molar-refractivity contribution in [1.29, 1.82) is 0 Å². The molecule has 1 fully saturated rings. The lowest BCUT2D eigenvalue weighted by molar-refractivity contribution is 0.333. The predicted octanol–water partition coefficient (Wildman–Crippen LogP) is 4.12. The van der Waals surface area contributed by atoms with Crippen LogP contribution in [0.2, 0.25) is 0 Å². The lowest BCUT2D eigenvalue weighted by atomic mass is 9.80. The minimum atomic E-state index is 0.404. The molecule has 0 unspecified atom stereocenters. The van der Waals surface area contributed by atoms with E-state index in [0.29, 0.717) is 5.54 Å². The van der Waals surface area contributed by atoms with E-state index in [4.69, 9.17) is 0 Å². The van der Waals surface area contributed by atoms with E-state index < -0.39 is 0 Å². The molecule has 2 heteroatoms. The summed E-state index contributed by atoms with van der Waals surface area (Å²) in [5, 5.41) is 3.76. The van der Waals surface area contributed by atoms with E-state index in [-0.39, 0.29) is 0 Å². The first kappa shape index (κ1) is 9.71. The first-order chi connectivity index (χ1) is 7.27. The second-order valence-corrected chi connectivity index (χ2v) is 5.86. The van der Waals surface area contributed by atoms with Crippen molar-refractivity contribution in [3.05, 3.63) is 28.2 Å². The van der Waals surface area contributed by atoms with Crippen molar-refractivity contribution in [2.75, 3.05) is 5.32 Å². The maximum absolute atomic E-state index is 3.76. The molecule has 1 aliphatic carbocycles. The van der Waals surface area contributed by atoms with Gasteiger partial charge in [0.25, 0.3) is 0 Å². The number of nitrogens with one attached hydrogen (secondary N) is 1. The molecule has 1 aromatic rings. The van der Waals surface area contributed by atoms with Gasteiger partial charge in [0.15, 0.2) is 0 Å². The fraction of sp³-hybridized carbons (Fsp3) is 0.538. The summed E-state index contributed by atoms with van der Waals surface area (Å²) in [4.78, 5) is 0. The third-order valence-electron chi connectivity index (χ3n) is 3.81. The monoisotopic (exact) mass is 265 g/mol. The third kappa shape index (κ3) is 1.69. The van der Waals surface area contributed by atoms with Gasteiger partial charge in [-0.2, -0.15) is 0 Å². The van der Waals surface area contributed by atoms with E-state index in [1.165, 1.54) is 54.2 Å². The van der Waals surface area contributed by atoms with Crippen molar-refractivity contribution < 1.29 is 0 Å². The second kappa shape index (κ2) is 3.51. The van der Waals surface area contributed by atoms with Crippen LogP contribution in [0.25, 0.3) is 0 Å². The number of halogens is 1. The quantitative estimate of drug-likeness (QED) is 0.744. The molecule has 1 aromatic carbocycles. The molecular weight excluding hydrogens is 250 g/mol. The molecule has 0 atom stereocenters. The number of fused-ring (bicyclic) bond motifs is 1. The molecule has 1 saturated carbocycles. The molecule has 2 aliphatic rings. The Kier molecular flexibility index (Phi) is 2.27. The average Bonchev–Trinajstić information content (AvgIpc) is 2.56. The van der Waals surface area contributed by atoms with Crippen LogP contribution in [0.5, 0.6) is 0 Å². The highest BCUT2D eigenvalue weighted by molar-refractivity contribution is 9.10. The predicted molar refractivity (Wildman–Crippen MR) is 67.3 cm³/mol. The van der Waals surface area contributed by atoms with Crippen molar-refractivity contribution in [2.24, 2.45) is 0 Å². The Morgan fingerprint density at radius 2 is 1.93 bits per heavy atom. The van der Waals surface area contributed by atoms with Crippen LogP contribution in [-0.2, 0) is 6.42 Å². The van der Waals surface area contributed by atoms with Crippen LogP contribution in [0, 0.1) is 0 Å². The number of hydrogen-bond acceptors (Lipinski definition) is 1. The molecule has 1 nitrogen and oxygen atoms in total. The Morgan fingerprint density at radius 3 is 2.73 bits per heavy atom. The van der Waals surface area contributed by atoms with Crippen molar-refractivity contribution >= 4 is 21.6 Å². The van der Waals surface area contributed by atoms with Crippen LogP contribution in [0.15, 0.2) is 22.7 Å². The Balaban J connectivity index is 1.90. The van der Waals surface area contributed by atoms with Gasteiger partial charge in [-0.25, -0.2) is 0 Å². The zero-order valence-corrected chi connectivity index (χ0v) is 10.4. The van der Waals surface area contributed by atoms with E-state index in [1.54, 1.807) is 0 Å². The van der Waals surface area contributed by atoms with Crippen LogP contribution < -0.4 is 5.32 Å². The van der Waals surface area contributed by atoms with Gasteiger partial charge in [-0.3, -0.25) is 0 Å². The first-order valence-corrected chi connectivity index (χ1v) is 6.63. The zero-order valence-electron chi connectivity index (χ0n) is 8.85. The Morgan fingerprint density at radius 1 is 1.13 bits per heavy atom. The van der Waals surface area contributed by atoms with Crippen LogP contribution in [-0.4, -0.2) is 5.54 Å². The van der Waals surface area contributed by atoms with Crippen LogP contribution >= 0.6 is 15.9 Å². The Labute approximate surface area is 99.4 Å². The van der Waals surface area contributed by atoms with Gasteiger partial charge in [0.05, 0.1) is 0 Å². The summed E-state index contributed by atoms with van der Waals surface area (Å²) in [6, 6.07) is 6.64. The number of anilines is 1. The largest absolute Gasteiger partial charge is 0.379 e. The highest BCUT2D eigenvalue weighted by Crippen LogP contribution is 2.42. The standard InChI is InChI=1S/C13H16BrN/c14-11-5-4-10-9-13(15-12(10)8-11)6-2-1-3-7-13/h4-5,8,15H,1-3,6-7,9H2. The molecule has 1 N–H and O–H groups in total. The smallest absolute Gasteiger partial charge is 0.0414 e. The molecule has 0 aromatic heterocycles. The van der Waals surface area contributed by atoms with Crippen LogP contribution in [0.1, 0.15) is 37.7 Å². The molecule has 0 saturated heterocycles. The van der Waals surface area contributed by atoms with E-state index in [0.717, 1.165) is 0 Å². The minimum Gasteiger partial charge on any atom is -0.379 e. The molecule has 1 aliphatic heterocycles. The van der Waals surface area contributed by atoms with Gasteiger partial charge in [-0.1, -0.05) is 41.3 Å². The molecular formula is C13H16BrN. The Bertz CT molecular complexity index is 380. The van der Waals surface area contributed by atoms with Gasteiger partial charge in [0, 0.05) is 15.7 Å².